The highest BCUT2D eigenvalue weighted by molar-refractivity contribution is 7.10. The van der Waals surface area contributed by atoms with Gasteiger partial charge in [0.25, 0.3) is 5.91 Å². The molecule has 2 heterocycles. The second kappa shape index (κ2) is 7.10. The van der Waals surface area contributed by atoms with Crippen molar-refractivity contribution in [1.29, 1.82) is 0 Å². The van der Waals surface area contributed by atoms with Crippen LogP contribution in [0.4, 0.5) is 16.6 Å². The summed E-state index contributed by atoms with van der Waals surface area (Å²) in [6, 6.07) is 2.12. The maximum atomic E-state index is 11.6. The lowest BCUT2D eigenvalue weighted by Gasteiger charge is -2.29. The second-order valence-electron chi connectivity index (χ2n) is 5.97. The summed E-state index contributed by atoms with van der Waals surface area (Å²) < 4.78 is 4.20. The molecule has 3 rings (SSSR count). The first-order valence-corrected chi connectivity index (χ1v) is 8.69. The van der Waals surface area contributed by atoms with Crippen molar-refractivity contribution >= 4 is 34.1 Å². The van der Waals surface area contributed by atoms with Crippen LogP contribution in [0.1, 0.15) is 41.9 Å². The number of amides is 1. The summed E-state index contributed by atoms with van der Waals surface area (Å²) in [6.45, 7) is 1.89. The van der Waals surface area contributed by atoms with Crippen LogP contribution in [-0.2, 0) is 0 Å². The van der Waals surface area contributed by atoms with Crippen LogP contribution in [0, 0.1) is 6.92 Å². The Bertz CT molecular complexity index is 732. The second-order valence-corrected chi connectivity index (χ2v) is 6.78. The first kappa shape index (κ1) is 16.6. The number of hydrogen-bond donors (Lipinski definition) is 4. The van der Waals surface area contributed by atoms with Gasteiger partial charge in [-0.25, -0.2) is 9.97 Å². The number of nitrogens with one attached hydrogen (secondary N) is 2. The fourth-order valence-electron chi connectivity index (χ4n) is 2.79. The van der Waals surface area contributed by atoms with E-state index in [2.05, 4.69) is 25.0 Å². The fourth-order valence-corrected chi connectivity index (χ4v) is 3.45. The third kappa shape index (κ3) is 3.80. The van der Waals surface area contributed by atoms with E-state index in [0.29, 0.717) is 11.6 Å². The van der Waals surface area contributed by atoms with E-state index in [-0.39, 0.29) is 17.8 Å². The maximum absolute atomic E-state index is 11.6. The molecule has 1 saturated carbocycles. The lowest BCUT2D eigenvalue weighted by Crippen LogP contribution is -2.42. The number of aryl methyl sites for hydroxylation is 1. The molecule has 0 saturated heterocycles. The smallest absolute Gasteiger partial charge is 0.271 e. The van der Waals surface area contributed by atoms with Gasteiger partial charge in [0.05, 0.1) is 11.9 Å². The maximum Gasteiger partial charge on any atom is 0.271 e. The summed E-state index contributed by atoms with van der Waals surface area (Å²) in [5.41, 5.74) is 12.5. The molecule has 0 spiro atoms. The summed E-state index contributed by atoms with van der Waals surface area (Å²) in [5.74, 6) is 0.263. The molecule has 2 aromatic rings. The lowest BCUT2D eigenvalue weighted by atomic mass is 9.91. The third-order valence-electron chi connectivity index (χ3n) is 4.03. The number of carbonyl (C=O) groups is 1. The molecule has 128 valence electrons. The van der Waals surface area contributed by atoms with Crippen LogP contribution in [0.2, 0.25) is 0 Å². The average Bonchev–Trinajstić information content (AvgIpc) is 2.94. The zero-order valence-electron chi connectivity index (χ0n) is 13.5. The van der Waals surface area contributed by atoms with Gasteiger partial charge in [-0.05, 0) is 37.4 Å². The van der Waals surface area contributed by atoms with E-state index in [4.69, 9.17) is 11.5 Å². The van der Waals surface area contributed by atoms with E-state index in [1.54, 1.807) is 0 Å². The number of nitrogens with zero attached hydrogens (tertiary/aromatic N) is 3. The molecule has 0 aliphatic heterocycles. The van der Waals surface area contributed by atoms with E-state index in [0.717, 1.165) is 36.4 Å². The molecule has 1 aliphatic carbocycles. The van der Waals surface area contributed by atoms with Crippen molar-refractivity contribution in [3.63, 3.8) is 0 Å². The van der Waals surface area contributed by atoms with Crippen molar-refractivity contribution in [1.82, 2.24) is 14.3 Å². The van der Waals surface area contributed by atoms with Crippen LogP contribution >= 0.6 is 11.5 Å². The van der Waals surface area contributed by atoms with Gasteiger partial charge in [0, 0.05) is 12.1 Å². The van der Waals surface area contributed by atoms with Crippen LogP contribution < -0.4 is 22.1 Å². The van der Waals surface area contributed by atoms with Crippen molar-refractivity contribution in [2.24, 2.45) is 11.5 Å². The summed E-state index contributed by atoms with van der Waals surface area (Å²) in [5, 5.41) is 7.17. The Kier molecular flexibility index (Phi) is 4.91. The van der Waals surface area contributed by atoms with Gasteiger partial charge in [0.2, 0.25) is 0 Å². The van der Waals surface area contributed by atoms with Gasteiger partial charge >= 0.3 is 0 Å². The van der Waals surface area contributed by atoms with Crippen molar-refractivity contribution in [3.8, 4) is 0 Å². The molecule has 1 amide bonds. The molecule has 8 nitrogen and oxygen atoms in total. The normalized spacial score (nSPS) is 20.6. The number of carbonyl (C=O) groups excluding carboxylic acids is 1. The van der Waals surface area contributed by atoms with Gasteiger partial charge in [-0.15, -0.1) is 0 Å². The molecule has 0 unspecified atom stereocenters. The van der Waals surface area contributed by atoms with Gasteiger partial charge in [-0.2, -0.15) is 4.37 Å². The van der Waals surface area contributed by atoms with Gasteiger partial charge in [0.15, 0.2) is 11.5 Å². The predicted molar refractivity (Wildman–Crippen MR) is 94.5 cm³/mol. The highest BCUT2D eigenvalue weighted by Crippen LogP contribution is 2.25. The third-order valence-corrected chi connectivity index (χ3v) is 4.82. The minimum atomic E-state index is -0.632. The molecule has 24 heavy (non-hydrogen) atoms. The van der Waals surface area contributed by atoms with Gasteiger partial charge < -0.3 is 22.1 Å². The lowest BCUT2D eigenvalue weighted by molar-refractivity contribution is 0.0996. The SMILES string of the molecule is Cc1cc(Nc2nc(N[C@@H]3CCCC[C@@H]3N)cnc2C(N)=O)sn1. The van der Waals surface area contributed by atoms with Crippen molar-refractivity contribution in [3.05, 3.63) is 23.7 Å². The van der Waals surface area contributed by atoms with Crippen molar-refractivity contribution in [2.45, 2.75) is 44.7 Å². The molecule has 6 N–H and O–H groups in total. The van der Waals surface area contributed by atoms with E-state index in [1.165, 1.54) is 17.7 Å². The number of nitrogens with two attached hydrogens (primary N) is 2. The standard InChI is InChI=1S/C15H21N7OS/c1-8-6-12(24-22-8)21-15-13(14(17)23)18-7-11(20-15)19-10-5-3-2-4-9(10)16/h6-7,9-10H,2-5,16H2,1H3,(H2,17,23)(H2,19,20,21)/t9-,10+/m0/s1. The Morgan fingerprint density at radius 3 is 2.83 bits per heavy atom. The van der Waals surface area contributed by atoms with Crippen LogP contribution in [0.25, 0.3) is 0 Å². The molecular weight excluding hydrogens is 326 g/mol. The zero-order valence-corrected chi connectivity index (χ0v) is 14.3. The fraction of sp³-hybridized carbons (Fsp3) is 0.467. The van der Waals surface area contributed by atoms with Crippen molar-refractivity contribution < 1.29 is 4.79 Å². The largest absolute Gasteiger partial charge is 0.364 e. The topological polar surface area (TPSA) is 132 Å². The van der Waals surface area contributed by atoms with Crippen LogP contribution in [0.3, 0.4) is 0 Å². The Balaban J connectivity index is 1.83. The highest BCUT2D eigenvalue weighted by Gasteiger charge is 2.23. The Morgan fingerprint density at radius 2 is 2.17 bits per heavy atom. The molecule has 1 aliphatic rings. The van der Waals surface area contributed by atoms with Crippen molar-refractivity contribution in [2.75, 3.05) is 10.6 Å². The molecule has 2 aromatic heterocycles. The van der Waals surface area contributed by atoms with E-state index in [9.17, 15) is 4.79 Å². The van der Waals surface area contributed by atoms with E-state index in [1.807, 2.05) is 13.0 Å². The van der Waals surface area contributed by atoms with Crippen LogP contribution in [0.5, 0.6) is 0 Å². The summed E-state index contributed by atoms with van der Waals surface area (Å²) >= 11 is 1.29. The Morgan fingerprint density at radius 1 is 1.38 bits per heavy atom. The van der Waals surface area contributed by atoms with Crippen LogP contribution in [0.15, 0.2) is 12.3 Å². The molecule has 9 heteroatoms. The highest BCUT2D eigenvalue weighted by atomic mass is 32.1. The minimum Gasteiger partial charge on any atom is -0.364 e. The van der Waals surface area contributed by atoms with Gasteiger partial charge in [0.1, 0.15) is 10.8 Å². The number of aromatic nitrogens is 3. The molecular formula is C15H21N7OS. The van der Waals surface area contributed by atoms with Gasteiger partial charge in [-0.3, -0.25) is 4.79 Å². The monoisotopic (exact) mass is 347 g/mol. The predicted octanol–water partition coefficient (Wildman–Crippen LogP) is 1.77. The van der Waals surface area contributed by atoms with Gasteiger partial charge in [-0.1, -0.05) is 12.8 Å². The summed E-state index contributed by atoms with van der Waals surface area (Å²) in [6.07, 6.45) is 5.81. The number of rotatable bonds is 5. The van der Waals surface area contributed by atoms with E-state index >= 15 is 0 Å². The Hall–Kier alpha value is -2.26. The average molecular weight is 347 g/mol. The zero-order chi connectivity index (χ0) is 17.1. The minimum absolute atomic E-state index is 0.0944. The Labute approximate surface area is 144 Å². The van der Waals surface area contributed by atoms with E-state index < -0.39 is 5.91 Å². The quantitative estimate of drug-likeness (QED) is 0.648. The summed E-state index contributed by atoms with van der Waals surface area (Å²) in [4.78, 5) is 20.2. The first-order chi connectivity index (χ1) is 11.5. The molecule has 0 bridgehead atoms. The number of primary amides is 1. The number of anilines is 3. The molecule has 0 aromatic carbocycles. The summed E-state index contributed by atoms with van der Waals surface area (Å²) in [7, 11) is 0. The first-order valence-electron chi connectivity index (χ1n) is 7.92. The molecule has 2 atom stereocenters. The van der Waals surface area contributed by atoms with Crippen LogP contribution in [-0.4, -0.2) is 32.3 Å². The molecule has 1 fully saturated rings. The number of hydrogen-bond acceptors (Lipinski definition) is 8. The molecule has 0 radical (unpaired) electrons.